The van der Waals surface area contributed by atoms with Gasteiger partial charge in [-0.05, 0) is 50.4 Å². The number of para-hydroxylation sites is 1. The van der Waals surface area contributed by atoms with E-state index in [1.807, 2.05) is 24.3 Å². The van der Waals surface area contributed by atoms with Crippen molar-refractivity contribution in [3.05, 3.63) is 65.2 Å². The van der Waals surface area contributed by atoms with E-state index in [0.29, 0.717) is 18.5 Å². The molecule has 0 amide bonds. The van der Waals surface area contributed by atoms with Gasteiger partial charge in [-0.3, -0.25) is 9.89 Å². The Balaban J connectivity index is 0.00000300. The number of hydrogen-bond donors (Lipinski definition) is 2. The van der Waals surface area contributed by atoms with E-state index in [1.54, 1.807) is 7.11 Å². The Hall–Kier alpha value is -1.64. The first-order valence-corrected chi connectivity index (χ1v) is 10.1. The molecule has 0 radical (unpaired) electrons. The molecule has 29 heavy (non-hydrogen) atoms. The molecule has 2 aromatic carbocycles. The Bertz CT molecular complexity index is 771. The topological polar surface area (TPSA) is 62.9 Å². The van der Waals surface area contributed by atoms with Crippen molar-refractivity contribution in [1.82, 2.24) is 4.90 Å². The van der Waals surface area contributed by atoms with E-state index in [2.05, 4.69) is 46.4 Å². The van der Waals surface area contributed by atoms with Crippen LogP contribution in [0.2, 0.25) is 0 Å². The highest BCUT2D eigenvalue weighted by atomic mass is 127. The zero-order valence-corrected chi connectivity index (χ0v) is 19.8. The normalized spacial score (nSPS) is 15.7. The maximum Gasteiger partial charge on any atom is 0.193 e. The van der Waals surface area contributed by atoms with E-state index >= 15 is 0 Å². The van der Waals surface area contributed by atoms with Crippen LogP contribution >= 0.6 is 24.0 Å². The van der Waals surface area contributed by atoms with Crippen molar-refractivity contribution in [2.45, 2.75) is 32.9 Å². The van der Waals surface area contributed by atoms with Crippen molar-refractivity contribution < 1.29 is 4.74 Å². The van der Waals surface area contributed by atoms with Gasteiger partial charge in [0.15, 0.2) is 5.96 Å². The number of aryl methyl sites for hydroxylation is 1. The number of ether oxygens (including phenoxy) is 1. The quantitative estimate of drug-likeness (QED) is 0.331. The molecular formula is C23H33IN4O. The Morgan fingerprint density at radius 1 is 1.14 bits per heavy atom. The van der Waals surface area contributed by atoms with E-state index in [-0.39, 0.29) is 24.0 Å². The summed E-state index contributed by atoms with van der Waals surface area (Å²) >= 11 is 0. The highest BCUT2D eigenvalue weighted by Gasteiger charge is 2.19. The zero-order valence-electron chi connectivity index (χ0n) is 17.4. The second-order valence-corrected chi connectivity index (χ2v) is 7.65. The molecule has 0 aliphatic carbocycles. The van der Waals surface area contributed by atoms with Crippen LogP contribution in [0.1, 0.15) is 29.5 Å². The van der Waals surface area contributed by atoms with Crippen molar-refractivity contribution in [3.8, 4) is 0 Å². The number of methoxy groups -OCH3 is 1. The minimum atomic E-state index is 0. The zero-order chi connectivity index (χ0) is 19.8. The molecule has 3 rings (SSSR count). The van der Waals surface area contributed by atoms with Gasteiger partial charge in [0.05, 0.1) is 6.61 Å². The first-order chi connectivity index (χ1) is 13.6. The van der Waals surface area contributed by atoms with Crippen molar-refractivity contribution >= 4 is 35.6 Å². The first kappa shape index (κ1) is 23.6. The number of benzene rings is 2. The number of piperidine rings is 1. The Labute approximate surface area is 191 Å². The number of nitrogens with zero attached hydrogens (tertiary/aromatic N) is 2. The van der Waals surface area contributed by atoms with Crippen LogP contribution in [0.4, 0.5) is 5.69 Å². The van der Waals surface area contributed by atoms with Crippen LogP contribution in [0.3, 0.4) is 0 Å². The highest BCUT2D eigenvalue weighted by Crippen LogP contribution is 2.20. The lowest BCUT2D eigenvalue weighted by Crippen LogP contribution is -2.34. The van der Waals surface area contributed by atoms with E-state index < -0.39 is 0 Å². The lowest BCUT2D eigenvalue weighted by atomic mass is 9.96. The van der Waals surface area contributed by atoms with Crippen LogP contribution < -0.4 is 11.1 Å². The molecule has 0 bridgehead atoms. The molecule has 0 spiro atoms. The van der Waals surface area contributed by atoms with E-state index in [9.17, 15) is 0 Å². The summed E-state index contributed by atoms with van der Waals surface area (Å²) in [5, 5.41) is 3.22. The standard InChI is InChI=1S/C23H32N4O.HI/c1-18-7-9-20(10-8-18)16-27-13-11-19(12-14-27)15-25-23(24)26-22-6-4-3-5-21(22)17-28-2;/h3-10,19H,11-17H2,1-2H3,(H3,24,25,26);1H. The van der Waals surface area contributed by atoms with Crippen LogP contribution in [-0.4, -0.2) is 37.6 Å². The number of anilines is 1. The van der Waals surface area contributed by atoms with Crippen molar-refractivity contribution in [3.63, 3.8) is 0 Å². The lowest BCUT2D eigenvalue weighted by Gasteiger charge is -2.31. The summed E-state index contributed by atoms with van der Waals surface area (Å²) in [7, 11) is 1.69. The highest BCUT2D eigenvalue weighted by molar-refractivity contribution is 14.0. The largest absolute Gasteiger partial charge is 0.380 e. The number of aliphatic imine (C=N–C) groups is 1. The van der Waals surface area contributed by atoms with Crippen LogP contribution in [0.25, 0.3) is 0 Å². The van der Waals surface area contributed by atoms with Crippen LogP contribution in [0.15, 0.2) is 53.5 Å². The van der Waals surface area contributed by atoms with Gasteiger partial charge >= 0.3 is 0 Å². The summed E-state index contributed by atoms with van der Waals surface area (Å²) in [6, 6.07) is 16.9. The van der Waals surface area contributed by atoms with Gasteiger partial charge in [0, 0.05) is 31.5 Å². The van der Waals surface area contributed by atoms with Crippen LogP contribution in [-0.2, 0) is 17.9 Å². The molecule has 2 aromatic rings. The average Bonchev–Trinajstić information content (AvgIpc) is 2.71. The summed E-state index contributed by atoms with van der Waals surface area (Å²) in [5.41, 5.74) is 10.9. The van der Waals surface area contributed by atoms with Crippen molar-refractivity contribution in [1.29, 1.82) is 0 Å². The van der Waals surface area contributed by atoms with E-state index in [0.717, 1.165) is 37.4 Å². The average molecular weight is 508 g/mol. The molecular weight excluding hydrogens is 475 g/mol. The molecule has 0 aromatic heterocycles. The Kier molecular flexibility index (Phi) is 9.90. The molecule has 1 fully saturated rings. The predicted octanol–water partition coefficient (Wildman–Crippen LogP) is 4.40. The monoisotopic (exact) mass is 508 g/mol. The molecule has 1 saturated heterocycles. The second kappa shape index (κ2) is 12.1. The second-order valence-electron chi connectivity index (χ2n) is 7.65. The van der Waals surface area contributed by atoms with Gasteiger partial charge in [0.1, 0.15) is 0 Å². The van der Waals surface area contributed by atoms with Gasteiger partial charge in [-0.25, -0.2) is 0 Å². The first-order valence-electron chi connectivity index (χ1n) is 10.1. The van der Waals surface area contributed by atoms with Crippen LogP contribution in [0, 0.1) is 12.8 Å². The number of nitrogens with two attached hydrogens (primary N) is 1. The summed E-state index contributed by atoms with van der Waals surface area (Å²) in [6.45, 7) is 6.75. The smallest absolute Gasteiger partial charge is 0.193 e. The number of guanidine groups is 1. The number of halogens is 1. The molecule has 6 heteroatoms. The molecule has 0 unspecified atom stereocenters. The SMILES string of the molecule is COCc1ccccc1NC(N)=NCC1CCN(Cc2ccc(C)cc2)CC1.I. The summed E-state index contributed by atoms with van der Waals surface area (Å²) in [4.78, 5) is 7.12. The minimum Gasteiger partial charge on any atom is -0.380 e. The fraction of sp³-hybridized carbons (Fsp3) is 0.435. The Morgan fingerprint density at radius 3 is 2.52 bits per heavy atom. The van der Waals surface area contributed by atoms with E-state index in [4.69, 9.17) is 10.5 Å². The molecule has 1 heterocycles. The van der Waals surface area contributed by atoms with Gasteiger partial charge in [-0.2, -0.15) is 0 Å². The van der Waals surface area contributed by atoms with E-state index in [1.165, 1.54) is 24.0 Å². The summed E-state index contributed by atoms with van der Waals surface area (Å²) in [6.07, 6.45) is 2.34. The molecule has 0 atom stereocenters. The van der Waals surface area contributed by atoms with Gasteiger partial charge in [0.25, 0.3) is 0 Å². The van der Waals surface area contributed by atoms with Crippen molar-refractivity contribution in [2.75, 3.05) is 32.1 Å². The van der Waals surface area contributed by atoms with Gasteiger partial charge in [-0.1, -0.05) is 48.0 Å². The summed E-state index contributed by atoms with van der Waals surface area (Å²) < 4.78 is 5.24. The van der Waals surface area contributed by atoms with Crippen LogP contribution in [0.5, 0.6) is 0 Å². The lowest BCUT2D eigenvalue weighted by molar-refractivity contribution is 0.180. The third kappa shape index (κ3) is 7.60. The van der Waals surface area contributed by atoms with Gasteiger partial charge < -0.3 is 15.8 Å². The molecule has 3 N–H and O–H groups in total. The molecule has 158 valence electrons. The van der Waals surface area contributed by atoms with Gasteiger partial charge in [-0.15, -0.1) is 24.0 Å². The fourth-order valence-corrected chi connectivity index (χ4v) is 3.61. The number of likely N-dealkylation sites (tertiary alicyclic amines) is 1. The maximum atomic E-state index is 6.12. The molecule has 5 nitrogen and oxygen atoms in total. The van der Waals surface area contributed by atoms with Gasteiger partial charge in [0.2, 0.25) is 0 Å². The fourth-order valence-electron chi connectivity index (χ4n) is 3.61. The molecule has 0 saturated carbocycles. The predicted molar refractivity (Wildman–Crippen MR) is 132 cm³/mol. The number of rotatable bonds is 7. The maximum absolute atomic E-state index is 6.12. The Morgan fingerprint density at radius 2 is 1.83 bits per heavy atom. The molecule has 1 aliphatic heterocycles. The number of nitrogens with one attached hydrogen (secondary N) is 1. The van der Waals surface area contributed by atoms with Crippen molar-refractivity contribution in [2.24, 2.45) is 16.6 Å². The third-order valence-electron chi connectivity index (χ3n) is 5.33. The summed E-state index contributed by atoms with van der Waals surface area (Å²) in [5.74, 6) is 1.08. The minimum absolute atomic E-state index is 0. The third-order valence-corrected chi connectivity index (χ3v) is 5.33. The number of hydrogen-bond acceptors (Lipinski definition) is 3. The molecule has 1 aliphatic rings.